The SMILES string of the molecule is CC[C@H](C)NC(=O)[C@@H](C)N(Cc1ccccc1Cl)C(=O)COc1ccc(C(C)C)cc1. The molecule has 2 aromatic rings. The zero-order valence-corrected chi connectivity index (χ0v) is 19.8. The lowest BCUT2D eigenvalue weighted by Crippen LogP contribution is -2.50. The molecule has 0 spiro atoms. The molecule has 6 heteroatoms. The highest BCUT2D eigenvalue weighted by Crippen LogP contribution is 2.21. The maximum atomic E-state index is 13.1. The van der Waals surface area contributed by atoms with E-state index in [4.69, 9.17) is 16.3 Å². The van der Waals surface area contributed by atoms with Gasteiger partial charge in [-0.3, -0.25) is 9.59 Å². The minimum absolute atomic E-state index is 0.0305. The zero-order chi connectivity index (χ0) is 23.0. The third-order valence-electron chi connectivity index (χ3n) is 5.38. The molecule has 0 aliphatic rings. The highest BCUT2D eigenvalue weighted by atomic mass is 35.5. The van der Waals surface area contributed by atoms with E-state index in [1.807, 2.05) is 56.3 Å². The van der Waals surface area contributed by atoms with Crippen molar-refractivity contribution in [1.82, 2.24) is 10.2 Å². The van der Waals surface area contributed by atoms with Crippen molar-refractivity contribution in [2.75, 3.05) is 6.61 Å². The van der Waals surface area contributed by atoms with Gasteiger partial charge in [0.2, 0.25) is 5.91 Å². The van der Waals surface area contributed by atoms with Gasteiger partial charge in [0.15, 0.2) is 6.61 Å². The number of nitrogens with zero attached hydrogens (tertiary/aromatic N) is 1. The molecule has 0 unspecified atom stereocenters. The predicted octanol–water partition coefficient (Wildman–Crippen LogP) is 5.17. The Balaban J connectivity index is 2.14. The van der Waals surface area contributed by atoms with Crippen LogP contribution in [0, 0.1) is 0 Å². The van der Waals surface area contributed by atoms with Crippen LogP contribution in [0.1, 0.15) is 58.1 Å². The van der Waals surface area contributed by atoms with E-state index in [0.29, 0.717) is 16.7 Å². The summed E-state index contributed by atoms with van der Waals surface area (Å²) in [4.78, 5) is 27.3. The van der Waals surface area contributed by atoms with Gasteiger partial charge in [-0.2, -0.15) is 0 Å². The quantitative estimate of drug-likeness (QED) is 0.549. The standard InChI is InChI=1S/C25H33ClN2O3/c1-6-18(4)27-25(30)19(5)28(15-21-9-7-8-10-23(21)26)24(29)16-31-22-13-11-20(12-14-22)17(2)3/h7-14,17-19H,6,15-16H2,1-5H3,(H,27,30)/t18-,19+/m0/s1. The number of amides is 2. The first-order chi connectivity index (χ1) is 14.7. The molecule has 0 bridgehead atoms. The molecule has 0 aliphatic carbocycles. The first kappa shape index (κ1) is 24.7. The minimum atomic E-state index is -0.662. The summed E-state index contributed by atoms with van der Waals surface area (Å²) < 4.78 is 5.73. The molecule has 0 saturated carbocycles. The Morgan fingerprint density at radius 3 is 2.26 bits per heavy atom. The third-order valence-corrected chi connectivity index (χ3v) is 5.74. The number of hydrogen-bond donors (Lipinski definition) is 1. The molecule has 2 rings (SSSR count). The van der Waals surface area contributed by atoms with Gasteiger partial charge in [-0.05, 0) is 55.5 Å². The number of carbonyl (C=O) groups is 2. The fourth-order valence-electron chi connectivity index (χ4n) is 3.04. The molecule has 0 aliphatic heterocycles. The van der Waals surface area contributed by atoms with E-state index >= 15 is 0 Å². The van der Waals surface area contributed by atoms with Crippen LogP contribution in [0.5, 0.6) is 5.75 Å². The second kappa shape index (κ2) is 11.8. The van der Waals surface area contributed by atoms with Crippen molar-refractivity contribution in [1.29, 1.82) is 0 Å². The summed E-state index contributed by atoms with van der Waals surface area (Å²) in [6, 6.07) is 14.4. The Morgan fingerprint density at radius 1 is 1.03 bits per heavy atom. The molecular formula is C25H33ClN2O3. The van der Waals surface area contributed by atoms with Gasteiger partial charge in [-0.15, -0.1) is 0 Å². The summed E-state index contributed by atoms with van der Waals surface area (Å²) in [5, 5.41) is 3.50. The number of benzene rings is 2. The lowest BCUT2D eigenvalue weighted by atomic mass is 10.0. The van der Waals surface area contributed by atoms with Gasteiger partial charge in [-0.25, -0.2) is 0 Å². The molecule has 0 radical (unpaired) electrons. The number of rotatable bonds is 10. The molecule has 0 heterocycles. The van der Waals surface area contributed by atoms with Gasteiger partial charge < -0.3 is 15.0 Å². The van der Waals surface area contributed by atoms with Crippen molar-refractivity contribution in [2.24, 2.45) is 0 Å². The largest absolute Gasteiger partial charge is 0.484 e. The first-order valence-electron chi connectivity index (χ1n) is 10.8. The van der Waals surface area contributed by atoms with Crippen molar-refractivity contribution in [2.45, 2.75) is 65.6 Å². The van der Waals surface area contributed by atoms with E-state index in [-0.39, 0.29) is 31.0 Å². The minimum Gasteiger partial charge on any atom is -0.484 e. The molecule has 1 N–H and O–H groups in total. The van der Waals surface area contributed by atoms with E-state index in [0.717, 1.165) is 12.0 Å². The van der Waals surface area contributed by atoms with E-state index in [1.54, 1.807) is 13.0 Å². The number of nitrogens with one attached hydrogen (secondary N) is 1. The average molecular weight is 445 g/mol. The summed E-state index contributed by atoms with van der Waals surface area (Å²) in [5.41, 5.74) is 1.98. The second-order valence-corrected chi connectivity index (χ2v) is 8.53. The Bertz CT molecular complexity index is 867. The summed E-state index contributed by atoms with van der Waals surface area (Å²) >= 11 is 6.31. The van der Waals surface area contributed by atoms with E-state index in [9.17, 15) is 9.59 Å². The lowest BCUT2D eigenvalue weighted by molar-refractivity contribution is -0.142. The molecule has 5 nitrogen and oxygen atoms in total. The fraction of sp³-hybridized carbons (Fsp3) is 0.440. The molecule has 0 aromatic heterocycles. The van der Waals surface area contributed by atoms with Crippen LogP contribution < -0.4 is 10.1 Å². The summed E-state index contributed by atoms with van der Waals surface area (Å²) in [6.45, 7) is 9.98. The van der Waals surface area contributed by atoms with Crippen LogP contribution in [0.4, 0.5) is 0 Å². The van der Waals surface area contributed by atoms with Crippen LogP contribution in [0.15, 0.2) is 48.5 Å². The van der Waals surface area contributed by atoms with Gasteiger partial charge in [-0.1, -0.05) is 62.7 Å². The topological polar surface area (TPSA) is 58.6 Å². The number of halogens is 1. The average Bonchev–Trinajstić information content (AvgIpc) is 2.76. The summed E-state index contributed by atoms with van der Waals surface area (Å²) in [5.74, 6) is 0.564. The molecule has 168 valence electrons. The van der Waals surface area contributed by atoms with Crippen molar-refractivity contribution < 1.29 is 14.3 Å². The van der Waals surface area contributed by atoms with Crippen LogP contribution in [0.25, 0.3) is 0 Å². The maximum absolute atomic E-state index is 13.1. The van der Waals surface area contributed by atoms with Gasteiger partial charge in [0.25, 0.3) is 5.91 Å². The molecule has 0 saturated heterocycles. The van der Waals surface area contributed by atoms with Crippen molar-refractivity contribution >= 4 is 23.4 Å². The molecule has 31 heavy (non-hydrogen) atoms. The van der Waals surface area contributed by atoms with Crippen LogP contribution >= 0.6 is 11.6 Å². The lowest BCUT2D eigenvalue weighted by Gasteiger charge is -2.30. The smallest absolute Gasteiger partial charge is 0.261 e. The van der Waals surface area contributed by atoms with Crippen LogP contribution in [0.2, 0.25) is 5.02 Å². The number of carbonyl (C=O) groups excluding carboxylic acids is 2. The highest BCUT2D eigenvalue weighted by Gasteiger charge is 2.27. The van der Waals surface area contributed by atoms with Gasteiger partial charge in [0.1, 0.15) is 11.8 Å². The molecule has 2 aromatic carbocycles. The Labute approximate surface area is 190 Å². The normalized spacial score (nSPS) is 12.9. The van der Waals surface area contributed by atoms with Crippen molar-refractivity contribution in [3.8, 4) is 5.75 Å². The number of ether oxygens (including phenoxy) is 1. The van der Waals surface area contributed by atoms with E-state index in [1.165, 1.54) is 10.5 Å². The van der Waals surface area contributed by atoms with Gasteiger partial charge >= 0.3 is 0 Å². The van der Waals surface area contributed by atoms with E-state index < -0.39 is 6.04 Å². The Kier molecular flexibility index (Phi) is 9.38. The van der Waals surface area contributed by atoms with Gasteiger partial charge in [0.05, 0.1) is 0 Å². The Morgan fingerprint density at radius 2 is 1.68 bits per heavy atom. The third kappa shape index (κ3) is 7.28. The van der Waals surface area contributed by atoms with E-state index in [2.05, 4.69) is 19.2 Å². The van der Waals surface area contributed by atoms with Crippen LogP contribution in [0.3, 0.4) is 0 Å². The molecular weight excluding hydrogens is 412 g/mol. The molecule has 2 atom stereocenters. The monoisotopic (exact) mass is 444 g/mol. The Hall–Kier alpha value is -2.53. The summed E-state index contributed by atoms with van der Waals surface area (Å²) in [7, 11) is 0. The maximum Gasteiger partial charge on any atom is 0.261 e. The van der Waals surface area contributed by atoms with Crippen molar-refractivity contribution in [3.63, 3.8) is 0 Å². The van der Waals surface area contributed by atoms with Crippen molar-refractivity contribution in [3.05, 3.63) is 64.7 Å². The van der Waals surface area contributed by atoms with Gasteiger partial charge in [0, 0.05) is 17.6 Å². The highest BCUT2D eigenvalue weighted by molar-refractivity contribution is 6.31. The van der Waals surface area contributed by atoms with Crippen LogP contribution in [-0.2, 0) is 16.1 Å². The second-order valence-electron chi connectivity index (χ2n) is 8.12. The fourth-order valence-corrected chi connectivity index (χ4v) is 3.23. The van der Waals surface area contributed by atoms with Crippen LogP contribution in [-0.4, -0.2) is 35.4 Å². The summed E-state index contributed by atoms with van der Waals surface area (Å²) in [6.07, 6.45) is 0.812. The predicted molar refractivity (Wildman–Crippen MR) is 125 cm³/mol. The molecule has 0 fully saturated rings. The zero-order valence-electron chi connectivity index (χ0n) is 19.0. The number of hydrogen-bond acceptors (Lipinski definition) is 3. The molecule has 2 amide bonds. The first-order valence-corrected chi connectivity index (χ1v) is 11.2.